The summed E-state index contributed by atoms with van der Waals surface area (Å²) in [6.45, 7) is 0. The first-order valence-electron chi connectivity index (χ1n) is 7.87. The molecule has 0 atom stereocenters. The van der Waals surface area contributed by atoms with Crippen molar-refractivity contribution < 1.29 is 14.3 Å². The van der Waals surface area contributed by atoms with Gasteiger partial charge in [0.2, 0.25) is 0 Å². The summed E-state index contributed by atoms with van der Waals surface area (Å²) in [5.74, 6) is -0.794. The molecule has 0 fully saturated rings. The fourth-order valence-corrected chi connectivity index (χ4v) is 2.72. The summed E-state index contributed by atoms with van der Waals surface area (Å²) >= 11 is 0. The molecule has 1 N–H and O–H groups in total. The highest BCUT2D eigenvalue weighted by Crippen LogP contribution is 2.16. The molecule has 0 aliphatic heterocycles. The summed E-state index contributed by atoms with van der Waals surface area (Å²) in [7, 11) is 1.32. The number of hydrogen-bond acceptors (Lipinski definition) is 5. The molecule has 26 heavy (non-hydrogen) atoms. The Morgan fingerprint density at radius 1 is 1.04 bits per heavy atom. The molecule has 1 amide bonds. The molecule has 4 rings (SSSR count). The minimum atomic E-state index is -0.439. The Kier molecular flexibility index (Phi) is 3.81. The fraction of sp³-hybridized carbons (Fsp3) is 0.0526. The molecule has 0 spiro atoms. The smallest absolute Gasteiger partial charge is 0.337 e. The van der Waals surface area contributed by atoms with Crippen LogP contribution in [-0.4, -0.2) is 33.6 Å². The van der Waals surface area contributed by atoms with Crippen LogP contribution in [0.3, 0.4) is 0 Å². The van der Waals surface area contributed by atoms with Crippen LogP contribution in [0.1, 0.15) is 20.8 Å². The third-order valence-corrected chi connectivity index (χ3v) is 4.05. The van der Waals surface area contributed by atoms with E-state index in [-0.39, 0.29) is 5.91 Å². The largest absolute Gasteiger partial charge is 0.465 e. The van der Waals surface area contributed by atoms with Gasteiger partial charge in [0.25, 0.3) is 5.91 Å². The van der Waals surface area contributed by atoms with Crippen molar-refractivity contribution in [3.05, 3.63) is 72.3 Å². The number of pyridine rings is 1. The van der Waals surface area contributed by atoms with Gasteiger partial charge < -0.3 is 4.74 Å². The highest BCUT2D eigenvalue weighted by atomic mass is 16.5. The molecule has 0 unspecified atom stereocenters. The Balaban J connectivity index is 1.63. The zero-order valence-corrected chi connectivity index (χ0v) is 13.8. The van der Waals surface area contributed by atoms with Gasteiger partial charge in [-0.3, -0.25) is 15.2 Å². The number of nitrogens with zero attached hydrogens (tertiary/aromatic N) is 3. The van der Waals surface area contributed by atoms with Gasteiger partial charge in [-0.05, 0) is 29.7 Å². The number of amides is 1. The van der Waals surface area contributed by atoms with Gasteiger partial charge in [-0.1, -0.05) is 24.3 Å². The molecular formula is C19H14N4O3. The third kappa shape index (κ3) is 2.75. The summed E-state index contributed by atoms with van der Waals surface area (Å²) in [4.78, 5) is 32.5. The van der Waals surface area contributed by atoms with Gasteiger partial charge in [0, 0.05) is 11.6 Å². The van der Waals surface area contributed by atoms with E-state index in [1.165, 1.54) is 18.1 Å². The van der Waals surface area contributed by atoms with Crippen LogP contribution in [0.5, 0.6) is 0 Å². The lowest BCUT2D eigenvalue weighted by Crippen LogP contribution is -2.23. The molecular weight excluding hydrogens is 332 g/mol. The lowest BCUT2D eigenvalue weighted by molar-refractivity contribution is 0.0600. The highest BCUT2D eigenvalue weighted by molar-refractivity contribution is 6.02. The summed E-state index contributed by atoms with van der Waals surface area (Å²) in [6, 6.07) is 14.4. The van der Waals surface area contributed by atoms with Gasteiger partial charge in [0.1, 0.15) is 12.0 Å². The maximum absolute atomic E-state index is 12.5. The lowest BCUT2D eigenvalue weighted by Gasteiger charge is -2.07. The van der Waals surface area contributed by atoms with Crippen LogP contribution in [0.25, 0.3) is 21.8 Å². The number of ether oxygens (including phenoxy) is 1. The Bertz CT molecular complexity index is 1150. The van der Waals surface area contributed by atoms with E-state index >= 15 is 0 Å². The first kappa shape index (κ1) is 15.8. The molecule has 2 heterocycles. The van der Waals surface area contributed by atoms with Crippen molar-refractivity contribution >= 4 is 33.7 Å². The summed E-state index contributed by atoms with van der Waals surface area (Å²) in [5, 5.41) is 1.90. The van der Waals surface area contributed by atoms with Gasteiger partial charge >= 0.3 is 5.97 Å². The summed E-state index contributed by atoms with van der Waals surface area (Å²) in [5.41, 5.74) is 4.67. The number of carbonyl (C=O) groups is 2. The molecule has 0 saturated heterocycles. The molecule has 7 heteroatoms. The number of aromatic nitrogens is 3. The van der Waals surface area contributed by atoms with Crippen LogP contribution in [0, 0.1) is 0 Å². The lowest BCUT2D eigenvalue weighted by atomic mass is 10.1. The molecule has 2 aromatic heterocycles. The molecule has 0 radical (unpaired) electrons. The number of rotatable bonds is 3. The number of imidazole rings is 1. The number of hydrogen-bond donors (Lipinski definition) is 1. The predicted octanol–water partition coefficient (Wildman–Crippen LogP) is 2.76. The Labute approximate surface area is 148 Å². The number of nitrogens with one attached hydrogen (secondary N) is 1. The van der Waals surface area contributed by atoms with Crippen molar-refractivity contribution in [2.45, 2.75) is 0 Å². The van der Waals surface area contributed by atoms with E-state index < -0.39 is 5.97 Å². The minimum Gasteiger partial charge on any atom is -0.465 e. The van der Waals surface area contributed by atoms with Crippen molar-refractivity contribution in [1.29, 1.82) is 0 Å². The standard InChI is InChI=1S/C19H14N4O3/c1-26-19(25)13-6-7-17-15(9-13)21-11-23(17)22-18(24)16-8-12-4-2-3-5-14(12)10-20-16/h2-11H,1H3,(H,22,24). The van der Waals surface area contributed by atoms with E-state index in [1.807, 2.05) is 24.3 Å². The van der Waals surface area contributed by atoms with Crippen LogP contribution in [0.2, 0.25) is 0 Å². The van der Waals surface area contributed by atoms with Crippen molar-refractivity contribution in [3.63, 3.8) is 0 Å². The van der Waals surface area contributed by atoms with Gasteiger partial charge in [-0.15, -0.1) is 0 Å². The zero-order chi connectivity index (χ0) is 18.1. The SMILES string of the molecule is COC(=O)c1ccc2c(c1)ncn2NC(=O)c1cc2ccccc2cn1. The van der Waals surface area contributed by atoms with E-state index in [4.69, 9.17) is 4.74 Å². The van der Waals surface area contributed by atoms with Crippen LogP contribution >= 0.6 is 0 Å². The Morgan fingerprint density at radius 3 is 2.65 bits per heavy atom. The van der Waals surface area contributed by atoms with Gasteiger partial charge in [0.05, 0.1) is 23.7 Å². The topological polar surface area (TPSA) is 86.1 Å². The predicted molar refractivity (Wildman–Crippen MR) is 96.5 cm³/mol. The molecule has 0 saturated carbocycles. The molecule has 0 aliphatic rings. The van der Waals surface area contributed by atoms with E-state index in [0.29, 0.717) is 22.3 Å². The van der Waals surface area contributed by atoms with Gasteiger partial charge in [-0.2, -0.15) is 0 Å². The van der Waals surface area contributed by atoms with E-state index in [0.717, 1.165) is 10.8 Å². The Hall–Kier alpha value is -3.74. The van der Waals surface area contributed by atoms with E-state index in [9.17, 15) is 9.59 Å². The number of carbonyl (C=O) groups excluding carboxylic acids is 2. The second-order valence-corrected chi connectivity index (χ2v) is 5.67. The fourth-order valence-electron chi connectivity index (χ4n) is 2.72. The van der Waals surface area contributed by atoms with E-state index in [1.54, 1.807) is 30.5 Å². The van der Waals surface area contributed by atoms with Gasteiger partial charge in [0.15, 0.2) is 0 Å². The molecule has 7 nitrogen and oxygen atoms in total. The minimum absolute atomic E-state index is 0.303. The average Bonchev–Trinajstić information content (AvgIpc) is 3.08. The molecule has 4 aromatic rings. The molecule has 0 bridgehead atoms. The molecule has 0 aliphatic carbocycles. The van der Waals surface area contributed by atoms with E-state index in [2.05, 4.69) is 15.4 Å². The first-order valence-corrected chi connectivity index (χ1v) is 7.87. The Morgan fingerprint density at radius 2 is 1.85 bits per heavy atom. The number of benzene rings is 2. The van der Waals surface area contributed by atoms with Gasteiger partial charge in [-0.25, -0.2) is 14.5 Å². The van der Waals surface area contributed by atoms with Crippen LogP contribution in [0.15, 0.2) is 61.1 Å². The highest BCUT2D eigenvalue weighted by Gasteiger charge is 2.13. The molecule has 128 valence electrons. The summed E-state index contributed by atoms with van der Waals surface area (Å²) < 4.78 is 6.19. The van der Waals surface area contributed by atoms with Crippen molar-refractivity contribution in [1.82, 2.24) is 14.6 Å². The first-order chi connectivity index (χ1) is 12.7. The van der Waals surface area contributed by atoms with Crippen molar-refractivity contribution in [2.24, 2.45) is 0 Å². The second-order valence-electron chi connectivity index (χ2n) is 5.67. The number of fused-ring (bicyclic) bond motifs is 2. The quantitative estimate of drug-likeness (QED) is 0.577. The maximum Gasteiger partial charge on any atom is 0.337 e. The van der Waals surface area contributed by atoms with Crippen LogP contribution in [0.4, 0.5) is 0 Å². The third-order valence-electron chi connectivity index (χ3n) is 4.05. The van der Waals surface area contributed by atoms with Crippen LogP contribution < -0.4 is 5.43 Å². The monoisotopic (exact) mass is 346 g/mol. The normalized spacial score (nSPS) is 10.8. The number of methoxy groups -OCH3 is 1. The second kappa shape index (κ2) is 6.29. The van der Waals surface area contributed by atoms with Crippen molar-refractivity contribution in [2.75, 3.05) is 12.5 Å². The molecule has 2 aromatic carbocycles. The number of esters is 1. The van der Waals surface area contributed by atoms with Crippen molar-refractivity contribution in [3.8, 4) is 0 Å². The average molecular weight is 346 g/mol. The van der Waals surface area contributed by atoms with Crippen LogP contribution in [-0.2, 0) is 4.74 Å². The zero-order valence-electron chi connectivity index (χ0n) is 13.8. The maximum atomic E-state index is 12.5. The summed E-state index contributed by atoms with van der Waals surface area (Å²) in [6.07, 6.45) is 3.14.